The molecule has 2 heterocycles. The van der Waals surface area contributed by atoms with Crippen LogP contribution in [0.1, 0.15) is 74.1 Å². The Morgan fingerprint density at radius 3 is 2.60 bits per heavy atom. The second-order valence-corrected chi connectivity index (χ2v) is 9.85. The minimum Gasteiger partial charge on any atom is -0.342 e. The first kappa shape index (κ1) is 18.6. The van der Waals surface area contributed by atoms with Crippen LogP contribution in [0.3, 0.4) is 0 Å². The average molecular weight is 407 g/mol. The van der Waals surface area contributed by atoms with Crippen LogP contribution in [0.5, 0.6) is 0 Å². The standard InChI is InChI=1S/C24H30N4O2/c29-22(18-6-7-18)28-12-8-17(9-13-28)21-26-23(27-30-21)24(10-11-24)15-25-20-14-19(20)16-4-2-1-3-5-16/h1-5,17-20,25H,6-15H2. The van der Waals surface area contributed by atoms with Crippen LogP contribution >= 0.6 is 0 Å². The average Bonchev–Trinajstić information content (AvgIpc) is 3.69. The van der Waals surface area contributed by atoms with Gasteiger partial charge in [-0.05, 0) is 50.5 Å². The van der Waals surface area contributed by atoms with Crippen molar-refractivity contribution in [3.8, 4) is 0 Å². The maximum absolute atomic E-state index is 12.3. The van der Waals surface area contributed by atoms with Gasteiger partial charge in [-0.1, -0.05) is 35.5 Å². The minimum absolute atomic E-state index is 0.0637. The van der Waals surface area contributed by atoms with E-state index in [1.165, 1.54) is 12.0 Å². The van der Waals surface area contributed by atoms with E-state index in [1.54, 1.807) is 0 Å². The van der Waals surface area contributed by atoms with Crippen molar-refractivity contribution in [2.24, 2.45) is 5.92 Å². The Labute approximate surface area is 177 Å². The molecule has 30 heavy (non-hydrogen) atoms. The molecular weight excluding hydrogens is 376 g/mol. The fourth-order valence-corrected chi connectivity index (χ4v) is 5.00. The summed E-state index contributed by atoms with van der Waals surface area (Å²) in [6.07, 6.45) is 7.52. The molecule has 1 N–H and O–H groups in total. The quantitative estimate of drug-likeness (QED) is 0.763. The van der Waals surface area contributed by atoms with Crippen molar-refractivity contribution in [1.82, 2.24) is 20.4 Å². The number of amides is 1. The molecule has 1 aliphatic heterocycles. The van der Waals surface area contributed by atoms with Crippen LogP contribution in [0.2, 0.25) is 0 Å². The highest BCUT2D eigenvalue weighted by molar-refractivity contribution is 5.81. The second kappa shape index (κ2) is 7.19. The molecule has 3 aliphatic carbocycles. The Bertz CT molecular complexity index is 910. The van der Waals surface area contributed by atoms with Crippen LogP contribution in [-0.4, -0.2) is 46.6 Å². The monoisotopic (exact) mass is 406 g/mol. The van der Waals surface area contributed by atoms with Gasteiger partial charge in [0.1, 0.15) is 0 Å². The lowest BCUT2D eigenvalue weighted by atomic mass is 9.96. The van der Waals surface area contributed by atoms with Gasteiger partial charge in [0.15, 0.2) is 5.82 Å². The predicted molar refractivity (Wildman–Crippen MR) is 112 cm³/mol. The van der Waals surface area contributed by atoms with E-state index in [9.17, 15) is 4.79 Å². The fraction of sp³-hybridized carbons (Fsp3) is 0.625. The van der Waals surface area contributed by atoms with Crippen LogP contribution in [0, 0.1) is 5.92 Å². The van der Waals surface area contributed by atoms with E-state index in [1.807, 2.05) is 4.90 Å². The summed E-state index contributed by atoms with van der Waals surface area (Å²) in [7, 11) is 0. The lowest BCUT2D eigenvalue weighted by molar-refractivity contribution is -0.133. The number of hydrogen-bond donors (Lipinski definition) is 1. The second-order valence-electron chi connectivity index (χ2n) is 9.85. The molecule has 1 amide bonds. The first-order valence-electron chi connectivity index (χ1n) is 11.6. The summed E-state index contributed by atoms with van der Waals surface area (Å²) in [5.41, 5.74) is 1.50. The van der Waals surface area contributed by atoms with Crippen LogP contribution in [0.4, 0.5) is 0 Å². The molecule has 2 unspecified atom stereocenters. The summed E-state index contributed by atoms with van der Waals surface area (Å²) in [5, 5.41) is 8.15. The topological polar surface area (TPSA) is 71.3 Å². The molecule has 3 saturated carbocycles. The lowest BCUT2D eigenvalue weighted by Gasteiger charge is -2.30. The van der Waals surface area contributed by atoms with Gasteiger partial charge in [0.2, 0.25) is 11.8 Å². The molecule has 0 spiro atoms. The van der Waals surface area contributed by atoms with E-state index in [2.05, 4.69) is 40.8 Å². The molecule has 6 rings (SSSR count). The molecular formula is C24H30N4O2. The van der Waals surface area contributed by atoms with Crippen molar-refractivity contribution in [1.29, 1.82) is 0 Å². The Morgan fingerprint density at radius 2 is 1.90 bits per heavy atom. The zero-order chi connectivity index (χ0) is 20.1. The summed E-state index contributed by atoms with van der Waals surface area (Å²) >= 11 is 0. The van der Waals surface area contributed by atoms with Crippen LogP contribution < -0.4 is 5.32 Å². The van der Waals surface area contributed by atoms with Crippen LogP contribution in [0.25, 0.3) is 0 Å². The molecule has 6 heteroatoms. The minimum atomic E-state index is 0.0637. The number of rotatable bonds is 7. The van der Waals surface area contributed by atoms with Crippen molar-refractivity contribution in [3.05, 3.63) is 47.6 Å². The predicted octanol–water partition coefficient (Wildman–Crippen LogP) is 3.36. The molecule has 2 aromatic rings. The molecule has 0 bridgehead atoms. The molecule has 1 aromatic carbocycles. The molecule has 1 aromatic heterocycles. The Morgan fingerprint density at radius 1 is 1.13 bits per heavy atom. The van der Waals surface area contributed by atoms with Crippen LogP contribution in [-0.2, 0) is 10.2 Å². The number of nitrogens with zero attached hydrogens (tertiary/aromatic N) is 3. The summed E-state index contributed by atoms with van der Waals surface area (Å²) in [4.78, 5) is 19.1. The summed E-state index contributed by atoms with van der Waals surface area (Å²) < 4.78 is 5.71. The number of carbonyl (C=O) groups excluding carboxylic acids is 1. The van der Waals surface area contributed by atoms with Gasteiger partial charge < -0.3 is 14.7 Å². The van der Waals surface area contributed by atoms with Gasteiger partial charge in [-0.15, -0.1) is 0 Å². The zero-order valence-electron chi connectivity index (χ0n) is 17.4. The highest BCUT2D eigenvalue weighted by Gasteiger charge is 2.50. The fourth-order valence-electron chi connectivity index (χ4n) is 5.00. The van der Waals surface area contributed by atoms with Crippen molar-refractivity contribution in [3.63, 3.8) is 0 Å². The van der Waals surface area contributed by atoms with Crippen molar-refractivity contribution < 1.29 is 9.32 Å². The normalized spacial score (nSPS) is 27.8. The Balaban J connectivity index is 1.03. The van der Waals surface area contributed by atoms with Gasteiger partial charge in [-0.2, -0.15) is 4.98 Å². The summed E-state index contributed by atoms with van der Waals surface area (Å²) in [5.74, 6) is 3.28. The van der Waals surface area contributed by atoms with Gasteiger partial charge in [0.05, 0.1) is 0 Å². The highest BCUT2D eigenvalue weighted by Crippen LogP contribution is 2.48. The van der Waals surface area contributed by atoms with Gasteiger partial charge in [0.25, 0.3) is 0 Å². The van der Waals surface area contributed by atoms with Crippen molar-refractivity contribution in [2.75, 3.05) is 19.6 Å². The molecule has 0 radical (unpaired) electrons. The third-order valence-corrected chi connectivity index (χ3v) is 7.57. The number of likely N-dealkylation sites (tertiary alicyclic amines) is 1. The smallest absolute Gasteiger partial charge is 0.229 e. The summed E-state index contributed by atoms with van der Waals surface area (Å²) in [6.45, 7) is 2.59. The third kappa shape index (κ3) is 3.55. The van der Waals surface area contributed by atoms with Crippen molar-refractivity contribution >= 4 is 5.91 Å². The van der Waals surface area contributed by atoms with E-state index in [0.29, 0.717) is 29.7 Å². The molecule has 158 valence electrons. The zero-order valence-corrected chi connectivity index (χ0v) is 17.4. The number of carbonyl (C=O) groups is 1. The molecule has 4 fully saturated rings. The van der Waals surface area contributed by atoms with Gasteiger partial charge in [-0.3, -0.25) is 4.79 Å². The third-order valence-electron chi connectivity index (χ3n) is 7.57. The van der Waals surface area contributed by atoms with E-state index >= 15 is 0 Å². The molecule has 6 nitrogen and oxygen atoms in total. The number of benzene rings is 1. The Kier molecular flexibility index (Phi) is 4.44. The largest absolute Gasteiger partial charge is 0.342 e. The maximum Gasteiger partial charge on any atom is 0.229 e. The lowest BCUT2D eigenvalue weighted by Crippen LogP contribution is -2.38. The number of hydrogen-bond acceptors (Lipinski definition) is 5. The molecule has 2 atom stereocenters. The van der Waals surface area contributed by atoms with Gasteiger partial charge in [-0.25, -0.2) is 0 Å². The highest BCUT2D eigenvalue weighted by atomic mass is 16.5. The number of aromatic nitrogens is 2. The van der Waals surface area contributed by atoms with Crippen LogP contribution in [0.15, 0.2) is 34.9 Å². The van der Waals surface area contributed by atoms with Gasteiger partial charge >= 0.3 is 0 Å². The summed E-state index contributed by atoms with van der Waals surface area (Å²) in [6, 6.07) is 11.4. The first-order valence-corrected chi connectivity index (χ1v) is 11.6. The maximum atomic E-state index is 12.3. The first-order chi connectivity index (χ1) is 14.7. The van der Waals surface area contributed by atoms with E-state index in [0.717, 1.165) is 69.9 Å². The van der Waals surface area contributed by atoms with Gasteiger partial charge in [0, 0.05) is 48.8 Å². The molecule has 4 aliphatic rings. The number of nitrogens with one attached hydrogen (secondary N) is 1. The van der Waals surface area contributed by atoms with E-state index < -0.39 is 0 Å². The SMILES string of the molecule is O=C(C1CC1)N1CCC(c2nc(C3(CNC4CC4c4ccccc4)CC3)no2)CC1. The molecule has 1 saturated heterocycles. The van der Waals surface area contributed by atoms with E-state index in [-0.39, 0.29) is 5.41 Å². The van der Waals surface area contributed by atoms with E-state index in [4.69, 9.17) is 9.51 Å². The van der Waals surface area contributed by atoms with Crippen molar-refractivity contribution in [2.45, 2.75) is 68.2 Å². The number of piperidine rings is 1. The Hall–Kier alpha value is -2.21.